The predicted octanol–water partition coefficient (Wildman–Crippen LogP) is 2.72. The Kier molecular flexibility index (Phi) is 3.80. The minimum Gasteiger partial charge on any atom is -0.395 e. The number of nitrogens with zero attached hydrogens (tertiary/aromatic N) is 4. The van der Waals surface area contributed by atoms with Crippen LogP contribution in [0.15, 0.2) is 48.5 Å². The lowest BCUT2D eigenvalue weighted by Crippen LogP contribution is -2.04. The van der Waals surface area contributed by atoms with Crippen molar-refractivity contribution in [3.63, 3.8) is 0 Å². The second kappa shape index (κ2) is 6.07. The van der Waals surface area contributed by atoms with E-state index in [0.717, 1.165) is 11.1 Å². The summed E-state index contributed by atoms with van der Waals surface area (Å²) in [5.41, 5.74) is 16.1. The molecule has 0 spiro atoms. The SMILES string of the molecule is N#Cc1ccc(-c2nc(N)nc(-c3ccc(C#N)cc3)c2N)cc1. The van der Waals surface area contributed by atoms with Gasteiger partial charge < -0.3 is 11.5 Å². The molecule has 0 radical (unpaired) electrons. The van der Waals surface area contributed by atoms with Gasteiger partial charge in [0, 0.05) is 11.1 Å². The number of anilines is 2. The monoisotopic (exact) mass is 312 g/mol. The van der Waals surface area contributed by atoms with Gasteiger partial charge in [0.1, 0.15) is 0 Å². The van der Waals surface area contributed by atoms with Gasteiger partial charge in [-0.2, -0.15) is 10.5 Å². The first-order valence-corrected chi connectivity index (χ1v) is 7.06. The largest absolute Gasteiger partial charge is 0.395 e. The molecule has 0 bridgehead atoms. The van der Waals surface area contributed by atoms with Crippen LogP contribution in [-0.2, 0) is 0 Å². The van der Waals surface area contributed by atoms with E-state index in [-0.39, 0.29) is 5.95 Å². The van der Waals surface area contributed by atoms with Crippen molar-refractivity contribution in [1.29, 1.82) is 10.5 Å². The number of rotatable bonds is 2. The third kappa shape index (κ3) is 2.72. The van der Waals surface area contributed by atoms with Crippen molar-refractivity contribution in [3.05, 3.63) is 59.7 Å². The number of benzene rings is 2. The van der Waals surface area contributed by atoms with Gasteiger partial charge in [0.25, 0.3) is 0 Å². The second-order valence-electron chi connectivity index (χ2n) is 5.07. The average molecular weight is 312 g/mol. The van der Waals surface area contributed by atoms with Gasteiger partial charge in [0.2, 0.25) is 5.95 Å². The highest BCUT2D eigenvalue weighted by Gasteiger charge is 2.14. The van der Waals surface area contributed by atoms with E-state index in [1.54, 1.807) is 48.5 Å². The van der Waals surface area contributed by atoms with Crippen LogP contribution < -0.4 is 11.5 Å². The fourth-order valence-corrected chi connectivity index (χ4v) is 2.33. The first kappa shape index (κ1) is 15.0. The molecule has 6 heteroatoms. The molecular formula is C18H12N6. The van der Waals surface area contributed by atoms with E-state index in [2.05, 4.69) is 22.1 Å². The average Bonchev–Trinajstić information content (AvgIpc) is 2.63. The van der Waals surface area contributed by atoms with Crippen LogP contribution in [0.4, 0.5) is 11.6 Å². The molecule has 0 fully saturated rings. The van der Waals surface area contributed by atoms with Crippen molar-refractivity contribution >= 4 is 11.6 Å². The zero-order valence-electron chi connectivity index (χ0n) is 12.6. The highest BCUT2D eigenvalue weighted by molar-refractivity contribution is 5.85. The molecule has 1 aromatic heterocycles. The summed E-state index contributed by atoms with van der Waals surface area (Å²) in [7, 11) is 0. The molecule has 3 aromatic rings. The third-order valence-electron chi connectivity index (χ3n) is 3.54. The van der Waals surface area contributed by atoms with Crippen LogP contribution in [0.25, 0.3) is 22.5 Å². The Morgan fingerprint density at radius 1 is 0.667 bits per heavy atom. The van der Waals surface area contributed by atoms with Gasteiger partial charge in [-0.25, -0.2) is 9.97 Å². The smallest absolute Gasteiger partial charge is 0.221 e. The molecule has 0 aliphatic heterocycles. The molecule has 0 atom stereocenters. The Labute approximate surface area is 138 Å². The maximum absolute atomic E-state index is 8.89. The lowest BCUT2D eigenvalue weighted by Gasteiger charge is -2.11. The van der Waals surface area contributed by atoms with E-state index in [1.807, 2.05) is 0 Å². The van der Waals surface area contributed by atoms with Gasteiger partial charge in [-0.1, -0.05) is 24.3 Å². The van der Waals surface area contributed by atoms with Gasteiger partial charge in [0.05, 0.1) is 40.3 Å². The fraction of sp³-hybridized carbons (Fsp3) is 0. The number of hydrogen-bond donors (Lipinski definition) is 2. The summed E-state index contributed by atoms with van der Waals surface area (Å²) in [5.74, 6) is 0.0999. The number of aromatic nitrogens is 2. The Bertz CT molecular complexity index is 897. The van der Waals surface area contributed by atoms with Gasteiger partial charge in [-0.3, -0.25) is 0 Å². The van der Waals surface area contributed by atoms with Gasteiger partial charge in [-0.05, 0) is 24.3 Å². The molecule has 4 N–H and O–H groups in total. The minimum atomic E-state index is 0.0999. The first-order valence-electron chi connectivity index (χ1n) is 7.06. The lowest BCUT2D eigenvalue weighted by molar-refractivity contribution is 1.20. The van der Waals surface area contributed by atoms with Crippen molar-refractivity contribution in [3.8, 4) is 34.7 Å². The van der Waals surface area contributed by atoms with Crippen LogP contribution in [0.3, 0.4) is 0 Å². The quantitative estimate of drug-likeness (QED) is 0.749. The molecule has 0 aliphatic rings. The Balaban J connectivity index is 2.13. The molecule has 1 heterocycles. The molecule has 0 aliphatic carbocycles. The first-order chi connectivity index (χ1) is 11.6. The van der Waals surface area contributed by atoms with Crippen LogP contribution in [0, 0.1) is 22.7 Å². The second-order valence-corrected chi connectivity index (χ2v) is 5.07. The number of nitrogen functional groups attached to an aromatic ring is 2. The predicted molar refractivity (Wildman–Crippen MR) is 91.2 cm³/mol. The van der Waals surface area contributed by atoms with Gasteiger partial charge >= 0.3 is 0 Å². The van der Waals surface area contributed by atoms with Crippen molar-refractivity contribution < 1.29 is 0 Å². The molecule has 0 unspecified atom stereocenters. The van der Waals surface area contributed by atoms with E-state index < -0.39 is 0 Å². The maximum Gasteiger partial charge on any atom is 0.221 e. The summed E-state index contributed by atoms with van der Waals surface area (Å²) in [4.78, 5) is 8.45. The van der Waals surface area contributed by atoms with Crippen LogP contribution in [-0.4, -0.2) is 9.97 Å². The minimum absolute atomic E-state index is 0.0999. The Morgan fingerprint density at radius 2 is 1.04 bits per heavy atom. The third-order valence-corrected chi connectivity index (χ3v) is 3.54. The lowest BCUT2D eigenvalue weighted by atomic mass is 10.0. The van der Waals surface area contributed by atoms with Crippen LogP contribution in [0.5, 0.6) is 0 Å². The maximum atomic E-state index is 8.89. The van der Waals surface area contributed by atoms with Crippen LogP contribution >= 0.6 is 0 Å². The molecule has 0 saturated heterocycles. The summed E-state index contributed by atoms with van der Waals surface area (Å²) in [6, 6.07) is 17.9. The summed E-state index contributed by atoms with van der Waals surface area (Å²) >= 11 is 0. The van der Waals surface area contributed by atoms with Gasteiger partial charge in [-0.15, -0.1) is 0 Å². The van der Waals surface area contributed by atoms with E-state index >= 15 is 0 Å². The molecular weight excluding hydrogens is 300 g/mol. The molecule has 6 nitrogen and oxygen atoms in total. The van der Waals surface area contributed by atoms with Crippen molar-refractivity contribution in [2.45, 2.75) is 0 Å². The highest BCUT2D eigenvalue weighted by Crippen LogP contribution is 2.32. The van der Waals surface area contributed by atoms with Crippen LogP contribution in [0.1, 0.15) is 11.1 Å². The topological polar surface area (TPSA) is 125 Å². The Morgan fingerprint density at radius 3 is 1.38 bits per heavy atom. The number of nitriles is 2. The summed E-state index contributed by atoms with van der Waals surface area (Å²) in [6.45, 7) is 0. The van der Waals surface area contributed by atoms with E-state index in [9.17, 15) is 0 Å². The summed E-state index contributed by atoms with van der Waals surface area (Å²) < 4.78 is 0. The number of hydrogen-bond acceptors (Lipinski definition) is 6. The number of nitrogens with two attached hydrogens (primary N) is 2. The Hall–Kier alpha value is -3.90. The van der Waals surface area contributed by atoms with Crippen molar-refractivity contribution in [1.82, 2.24) is 9.97 Å². The van der Waals surface area contributed by atoms with E-state index in [4.69, 9.17) is 22.0 Å². The zero-order chi connectivity index (χ0) is 17.1. The molecule has 2 aromatic carbocycles. The molecule has 24 heavy (non-hydrogen) atoms. The highest BCUT2D eigenvalue weighted by atomic mass is 15.0. The molecule has 114 valence electrons. The van der Waals surface area contributed by atoms with E-state index in [1.165, 1.54) is 0 Å². The van der Waals surface area contributed by atoms with Crippen molar-refractivity contribution in [2.75, 3.05) is 11.5 Å². The van der Waals surface area contributed by atoms with Crippen LogP contribution in [0.2, 0.25) is 0 Å². The van der Waals surface area contributed by atoms with Gasteiger partial charge in [0.15, 0.2) is 0 Å². The molecule has 0 saturated carbocycles. The fourth-order valence-electron chi connectivity index (χ4n) is 2.33. The molecule has 3 rings (SSSR count). The van der Waals surface area contributed by atoms with Crippen molar-refractivity contribution in [2.24, 2.45) is 0 Å². The standard InChI is InChI=1S/C18H12N6/c19-9-11-1-5-13(6-2-11)16-15(21)17(24-18(22)23-16)14-7-3-12(10-20)4-8-14/h1-8H,21H2,(H2,22,23,24). The zero-order valence-corrected chi connectivity index (χ0v) is 12.6. The summed E-state index contributed by atoms with van der Waals surface area (Å²) in [6.07, 6.45) is 0. The van der Waals surface area contributed by atoms with E-state index in [0.29, 0.717) is 28.2 Å². The summed E-state index contributed by atoms with van der Waals surface area (Å²) in [5, 5.41) is 17.8. The normalized spacial score (nSPS) is 9.92. The molecule has 0 amide bonds.